The summed E-state index contributed by atoms with van der Waals surface area (Å²) >= 11 is 0. The predicted octanol–water partition coefficient (Wildman–Crippen LogP) is 5.84. The highest BCUT2D eigenvalue weighted by atomic mass is 19.4. The minimum absolute atomic E-state index is 0.176. The second kappa shape index (κ2) is 8.43. The maximum atomic E-state index is 13.3. The van der Waals surface area contributed by atoms with Crippen LogP contribution in [-0.4, -0.2) is 35.0 Å². The van der Waals surface area contributed by atoms with Gasteiger partial charge in [-0.15, -0.1) is 13.2 Å². The number of ether oxygens (including phenoxy) is 1. The molecule has 0 bridgehead atoms. The van der Waals surface area contributed by atoms with E-state index in [-0.39, 0.29) is 17.1 Å². The molecule has 0 atom stereocenters. The maximum Gasteiger partial charge on any atom is 0.573 e. The van der Waals surface area contributed by atoms with Crippen LogP contribution in [0.15, 0.2) is 67.0 Å². The van der Waals surface area contributed by atoms with E-state index in [1.807, 2.05) is 6.07 Å². The van der Waals surface area contributed by atoms with E-state index in [4.69, 9.17) is 0 Å². The highest BCUT2D eigenvalue weighted by Gasteiger charge is 2.37. The van der Waals surface area contributed by atoms with Gasteiger partial charge in [0.25, 0.3) is 0 Å². The van der Waals surface area contributed by atoms with Gasteiger partial charge in [-0.2, -0.15) is 0 Å². The van der Waals surface area contributed by atoms with Gasteiger partial charge in [0.2, 0.25) is 0 Å². The Morgan fingerprint density at radius 2 is 1.69 bits per heavy atom. The molecule has 2 aromatic carbocycles. The predicted molar refractivity (Wildman–Crippen MR) is 115 cm³/mol. The van der Waals surface area contributed by atoms with E-state index < -0.39 is 6.36 Å². The zero-order valence-electron chi connectivity index (χ0n) is 17.7. The van der Waals surface area contributed by atoms with Crippen molar-refractivity contribution in [2.45, 2.75) is 32.3 Å². The molecule has 0 spiro atoms. The Labute approximate surface area is 184 Å². The maximum absolute atomic E-state index is 13.3. The monoisotopic (exact) mass is 445 g/mol. The number of hydrogen-bond donors (Lipinski definition) is 0. The lowest BCUT2D eigenvalue weighted by Gasteiger charge is -2.30. The fourth-order valence-corrected chi connectivity index (χ4v) is 3.97. The zero-order chi connectivity index (χ0) is 22.9. The number of benzene rings is 2. The van der Waals surface area contributed by atoms with Crippen molar-refractivity contribution in [3.05, 3.63) is 78.4 Å². The van der Waals surface area contributed by atoms with Gasteiger partial charge in [0, 0.05) is 42.3 Å². The standard InChI is InChI=1S/C24H23F4N3O/c1-23(2)15-30(20-7-9-21(10-8-20)32-24(26,27)28)16-31(23)14-18-11-12-29-13-22(18)17-3-5-19(25)6-4-17/h3-13H,14-16H2,1-2H3. The first-order chi connectivity index (χ1) is 15.1. The van der Waals surface area contributed by atoms with Gasteiger partial charge in [-0.25, -0.2) is 4.39 Å². The Hall–Kier alpha value is -3.13. The summed E-state index contributed by atoms with van der Waals surface area (Å²) in [6.45, 7) is 6.23. The van der Waals surface area contributed by atoms with Crippen molar-refractivity contribution in [2.75, 3.05) is 18.1 Å². The number of anilines is 1. The third-order valence-electron chi connectivity index (χ3n) is 5.64. The SMILES string of the molecule is CC1(C)CN(c2ccc(OC(F)(F)F)cc2)CN1Cc1ccncc1-c1ccc(F)cc1. The lowest BCUT2D eigenvalue weighted by atomic mass is 9.99. The summed E-state index contributed by atoms with van der Waals surface area (Å²) in [5, 5.41) is 0. The van der Waals surface area contributed by atoms with Crippen molar-refractivity contribution in [3.63, 3.8) is 0 Å². The molecular weight excluding hydrogens is 422 g/mol. The molecule has 0 N–H and O–H groups in total. The van der Waals surface area contributed by atoms with Gasteiger partial charge in [-0.1, -0.05) is 12.1 Å². The third kappa shape index (κ3) is 5.02. The van der Waals surface area contributed by atoms with Crippen LogP contribution in [0.25, 0.3) is 11.1 Å². The van der Waals surface area contributed by atoms with Crippen LogP contribution in [0.2, 0.25) is 0 Å². The molecule has 2 heterocycles. The highest BCUT2D eigenvalue weighted by molar-refractivity contribution is 5.66. The van der Waals surface area contributed by atoms with Gasteiger partial charge in [0.15, 0.2) is 0 Å². The lowest BCUT2D eigenvalue weighted by molar-refractivity contribution is -0.274. The molecule has 168 valence electrons. The van der Waals surface area contributed by atoms with Crippen LogP contribution in [-0.2, 0) is 6.54 Å². The van der Waals surface area contributed by atoms with Gasteiger partial charge in [-0.05, 0) is 67.4 Å². The average Bonchev–Trinajstić information content (AvgIpc) is 3.03. The average molecular weight is 445 g/mol. The van der Waals surface area contributed by atoms with Crippen molar-refractivity contribution in [2.24, 2.45) is 0 Å². The first-order valence-corrected chi connectivity index (χ1v) is 10.2. The van der Waals surface area contributed by atoms with E-state index in [9.17, 15) is 17.6 Å². The Morgan fingerprint density at radius 3 is 2.34 bits per heavy atom. The van der Waals surface area contributed by atoms with Crippen LogP contribution in [0.5, 0.6) is 5.75 Å². The Bertz CT molecular complexity index is 1070. The molecular formula is C24H23F4N3O. The van der Waals surface area contributed by atoms with Crippen molar-refractivity contribution in [3.8, 4) is 16.9 Å². The molecule has 0 aliphatic carbocycles. The Morgan fingerprint density at radius 1 is 1.00 bits per heavy atom. The number of nitrogens with zero attached hydrogens (tertiary/aromatic N) is 3. The molecule has 0 unspecified atom stereocenters. The normalized spacial score (nSPS) is 16.4. The molecule has 4 rings (SSSR count). The molecule has 1 aromatic heterocycles. The third-order valence-corrected chi connectivity index (χ3v) is 5.64. The molecule has 0 amide bonds. The molecule has 4 nitrogen and oxygen atoms in total. The van der Waals surface area contributed by atoms with Crippen LogP contribution in [0.4, 0.5) is 23.2 Å². The summed E-state index contributed by atoms with van der Waals surface area (Å²) in [5.74, 6) is -0.528. The Kier molecular flexibility index (Phi) is 5.81. The molecule has 1 aliphatic heterocycles. The molecule has 8 heteroatoms. The van der Waals surface area contributed by atoms with Gasteiger partial charge in [0.1, 0.15) is 11.6 Å². The molecule has 1 aliphatic rings. The first-order valence-electron chi connectivity index (χ1n) is 10.2. The summed E-state index contributed by atoms with van der Waals surface area (Å²) in [6.07, 6.45) is -1.19. The van der Waals surface area contributed by atoms with Gasteiger partial charge in [-0.3, -0.25) is 9.88 Å². The fraction of sp³-hybridized carbons (Fsp3) is 0.292. The second-order valence-electron chi connectivity index (χ2n) is 8.43. The van der Waals surface area contributed by atoms with Crippen LogP contribution < -0.4 is 9.64 Å². The van der Waals surface area contributed by atoms with Crippen molar-refractivity contribution in [1.29, 1.82) is 0 Å². The highest BCUT2D eigenvalue weighted by Crippen LogP contribution is 2.33. The summed E-state index contributed by atoms with van der Waals surface area (Å²) < 4.78 is 54.6. The number of pyridine rings is 1. The first kappa shape index (κ1) is 22.1. The summed E-state index contributed by atoms with van der Waals surface area (Å²) in [5.41, 5.74) is 3.54. The quantitative estimate of drug-likeness (QED) is 0.461. The molecule has 0 saturated carbocycles. The van der Waals surface area contributed by atoms with E-state index in [0.717, 1.165) is 22.4 Å². The van der Waals surface area contributed by atoms with Gasteiger partial charge < -0.3 is 9.64 Å². The van der Waals surface area contributed by atoms with E-state index in [2.05, 4.69) is 33.4 Å². The lowest BCUT2D eigenvalue weighted by Crippen LogP contribution is -2.39. The largest absolute Gasteiger partial charge is 0.573 e. The number of rotatable bonds is 5. The smallest absolute Gasteiger partial charge is 0.406 e. The van der Waals surface area contributed by atoms with Crippen LogP contribution in [0, 0.1) is 5.82 Å². The van der Waals surface area contributed by atoms with E-state index in [1.165, 1.54) is 24.3 Å². The van der Waals surface area contributed by atoms with Crippen LogP contribution in [0.3, 0.4) is 0 Å². The van der Waals surface area contributed by atoms with Crippen molar-refractivity contribution in [1.82, 2.24) is 9.88 Å². The van der Waals surface area contributed by atoms with Crippen LogP contribution >= 0.6 is 0 Å². The second-order valence-corrected chi connectivity index (χ2v) is 8.43. The topological polar surface area (TPSA) is 28.6 Å². The van der Waals surface area contributed by atoms with E-state index >= 15 is 0 Å². The summed E-state index contributed by atoms with van der Waals surface area (Å²) in [7, 11) is 0. The van der Waals surface area contributed by atoms with Gasteiger partial charge in [0.05, 0.1) is 6.67 Å². The van der Waals surface area contributed by atoms with Gasteiger partial charge >= 0.3 is 6.36 Å². The zero-order valence-corrected chi connectivity index (χ0v) is 17.7. The minimum atomic E-state index is -4.71. The summed E-state index contributed by atoms with van der Waals surface area (Å²) in [4.78, 5) is 8.66. The number of aromatic nitrogens is 1. The van der Waals surface area contributed by atoms with E-state index in [1.54, 1.807) is 36.7 Å². The fourth-order valence-electron chi connectivity index (χ4n) is 3.97. The van der Waals surface area contributed by atoms with E-state index in [0.29, 0.717) is 19.8 Å². The number of hydrogen-bond acceptors (Lipinski definition) is 4. The molecule has 32 heavy (non-hydrogen) atoms. The summed E-state index contributed by atoms with van der Waals surface area (Å²) in [6, 6.07) is 14.2. The molecule has 1 saturated heterocycles. The van der Waals surface area contributed by atoms with Crippen LogP contribution in [0.1, 0.15) is 19.4 Å². The Balaban J connectivity index is 1.52. The van der Waals surface area contributed by atoms with Crippen molar-refractivity contribution < 1.29 is 22.3 Å². The number of alkyl halides is 3. The molecule has 3 aromatic rings. The minimum Gasteiger partial charge on any atom is -0.406 e. The molecule has 1 fully saturated rings. The van der Waals surface area contributed by atoms with Crippen molar-refractivity contribution >= 4 is 5.69 Å². The molecule has 0 radical (unpaired) electrons. The number of halogens is 4.